The molecule has 0 saturated carbocycles. The summed E-state index contributed by atoms with van der Waals surface area (Å²) in [6.45, 7) is 6.22. The second-order valence-corrected chi connectivity index (χ2v) is 5.53. The summed E-state index contributed by atoms with van der Waals surface area (Å²) in [6.07, 6.45) is 2.87. The van der Waals surface area contributed by atoms with Gasteiger partial charge in [0.15, 0.2) is 0 Å². The van der Waals surface area contributed by atoms with Crippen LogP contribution < -0.4 is 0 Å². The third-order valence-electron chi connectivity index (χ3n) is 1.88. The van der Waals surface area contributed by atoms with Crippen molar-refractivity contribution in [3.8, 4) is 0 Å². The van der Waals surface area contributed by atoms with Gasteiger partial charge in [0.1, 0.15) is 0 Å². The fourth-order valence-electron chi connectivity index (χ4n) is 1.35. The van der Waals surface area contributed by atoms with Crippen LogP contribution in [0.5, 0.6) is 0 Å². The van der Waals surface area contributed by atoms with Crippen LogP contribution in [-0.2, 0) is 4.79 Å². The van der Waals surface area contributed by atoms with Crippen LogP contribution >= 0.6 is 11.8 Å². The van der Waals surface area contributed by atoms with Crippen molar-refractivity contribution >= 4 is 17.7 Å². The molecule has 1 fully saturated rings. The average Bonchev–Trinajstić information content (AvgIpc) is 1.99. The molecule has 4 heteroatoms. The van der Waals surface area contributed by atoms with E-state index in [9.17, 15) is 4.79 Å². The number of hydrogen-bond acceptors (Lipinski definition) is 3. The molecule has 0 amide bonds. The van der Waals surface area contributed by atoms with E-state index in [1.165, 1.54) is 6.08 Å². The van der Waals surface area contributed by atoms with E-state index < -0.39 is 5.97 Å². The van der Waals surface area contributed by atoms with Crippen molar-refractivity contribution in [2.24, 2.45) is 0 Å². The van der Waals surface area contributed by atoms with Crippen molar-refractivity contribution in [3.63, 3.8) is 0 Å². The van der Waals surface area contributed by atoms with Gasteiger partial charge in [0.2, 0.25) is 0 Å². The van der Waals surface area contributed by atoms with Crippen molar-refractivity contribution in [2.75, 3.05) is 18.8 Å². The lowest BCUT2D eigenvalue weighted by molar-refractivity contribution is -0.131. The minimum Gasteiger partial charge on any atom is -0.478 e. The fourth-order valence-corrected chi connectivity index (χ4v) is 2.48. The third-order valence-corrected chi connectivity index (χ3v) is 3.18. The van der Waals surface area contributed by atoms with Crippen molar-refractivity contribution in [2.45, 2.75) is 18.6 Å². The summed E-state index contributed by atoms with van der Waals surface area (Å²) in [6, 6.07) is 0. The van der Waals surface area contributed by atoms with E-state index in [1.807, 2.05) is 11.8 Å². The Bertz CT molecular complexity index is 226. The van der Waals surface area contributed by atoms with E-state index in [2.05, 4.69) is 18.7 Å². The van der Waals surface area contributed by atoms with Crippen LogP contribution in [0.1, 0.15) is 13.8 Å². The first-order valence-corrected chi connectivity index (χ1v) is 5.27. The van der Waals surface area contributed by atoms with Crippen LogP contribution in [0.2, 0.25) is 0 Å². The summed E-state index contributed by atoms with van der Waals surface area (Å²) < 4.78 is 0.237. The van der Waals surface area contributed by atoms with Gasteiger partial charge in [-0.05, 0) is 13.8 Å². The lowest BCUT2D eigenvalue weighted by Crippen LogP contribution is -2.40. The second kappa shape index (κ2) is 4.05. The predicted octanol–water partition coefficient (Wildman–Crippen LogP) is 1.41. The molecule has 3 nitrogen and oxygen atoms in total. The zero-order valence-corrected chi connectivity index (χ0v) is 8.80. The molecule has 1 saturated heterocycles. The summed E-state index contributed by atoms with van der Waals surface area (Å²) in [4.78, 5) is 12.3. The van der Waals surface area contributed by atoms with Crippen molar-refractivity contribution in [1.82, 2.24) is 4.90 Å². The van der Waals surface area contributed by atoms with Crippen molar-refractivity contribution < 1.29 is 9.90 Å². The molecular formula is C9H15NO2S. The Hall–Kier alpha value is -0.640. The highest BCUT2D eigenvalue weighted by atomic mass is 32.2. The van der Waals surface area contributed by atoms with Gasteiger partial charge in [0.25, 0.3) is 0 Å². The van der Waals surface area contributed by atoms with Gasteiger partial charge in [0, 0.05) is 35.9 Å². The van der Waals surface area contributed by atoms with Gasteiger partial charge in [-0.3, -0.25) is 0 Å². The standard InChI is InChI=1S/C9H15NO2S/c1-9(2)7-10(5-6-13-9)4-3-8(11)12/h3-4H,5-7H2,1-2H3,(H,11,12). The maximum atomic E-state index is 10.3. The van der Waals surface area contributed by atoms with Crippen LogP contribution in [0.25, 0.3) is 0 Å². The van der Waals surface area contributed by atoms with Gasteiger partial charge >= 0.3 is 5.97 Å². The van der Waals surface area contributed by atoms with E-state index in [-0.39, 0.29) is 4.75 Å². The molecule has 1 rings (SSSR count). The SMILES string of the molecule is CC1(C)CN(C=CC(=O)O)CCS1. The molecule has 1 aliphatic heterocycles. The topological polar surface area (TPSA) is 40.5 Å². The Morgan fingerprint density at radius 1 is 1.62 bits per heavy atom. The predicted molar refractivity (Wildman–Crippen MR) is 54.9 cm³/mol. The van der Waals surface area contributed by atoms with Crippen molar-refractivity contribution in [3.05, 3.63) is 12.3 Å². The lowest BCUT2D eigenvalue weighted by atomic mass is 10.2. The molecular weight excluding hydrogens is 186 g/mol. The molecule has 0 aliphatic carbocycles. The highest BCUT2D eigenvalue weighted by molar-refractivity contribution is 8.00. The highest BCUT2D eigenvalue weighted by Gasteiger charge is 2.25. The number of carbonyl (C=O) groups is 1. The number of thioether (sulfide) groups is 1. The Morgan fingerprint density at radius 2 is 2.31 bits per heavy atom. The Kier molecular flexibility index (Phi) is 3.25. The molecule has 0 spiro atoms. The van der Waals surface area contributed by atoms with E-state index in [0.29, 0.717) is 0 Å². The number of carboxylic acids is 1. The lowest BCUT2D eigenvalue weighted by Gasteiger charge is -2.36. The van der Waals surface area contributed by atoms with Gasteiger partial charge in [-0.2, -0.15) is 11.8 Å². The summed E-state index contributed by atoms with van der Waals surface area (Å²) in [5, 5.41) is 8.46. The van der Waals surface area contributed by atoms with Crippen LogP contribution in [0.15, 0.2) is 12.3 Å². The summed E-state index contributed by atoms with van der Waals surface area (Å²) >= 11 is 1.94. The van der Waals surface area contributed by atoms with E-state index in [1.54, 1.807) is 6.20 Å². The monoisotopic (exact) mass is 201 g/mol. The Morgan fingerprint density at radius 3 is 2.85 bits per heavy atom. The molecule has 0 aromatic heterocycles. The highest BCUT2D eigenvalue weighted by Crippen LogP contribution is 2.29. The third kappa shape index (κ3) is 3.72. The number of hydrogen-bond donors (Lipinski definition) is 1. The average molecular weight is 201 g/mol. The molecule has 0 radical (unpaired) electrons. The van der Waals surface area contributed by atoms with Crippen molar-refractivity contribution in [1.29, 1.82) is 0 Å². The Balaban J connectivity index is 2.48. The van der Waals surface area contributed by atoms with Gasteiger partial charge in [-0.15, -0.1) is 0 Å². The molecule has 74 valence electrons. The smallest absolute Gasteiger partial charge is 0.329 e. The van der Waals surface area contributed by atoms with Gasteiger partial charge in [-0.25, -0.2) is 4.79 Å². The van der Waals surface area contributed by atoms with Crippen LogP contribution in [0, 0.1) is 0 Å². The van der Waals surface area contributed by atoms with Gasteiger partial charge in [0.05, 0.1) is 0 Å². The first kappa shape index (κ1) is 10.4. The molecule has 0 bridgehead atoms. The zero-order valence-electron chi connectivity index (χ0n) is 7.99. The summed E-state index contributed by atoms with van der Waals surface area (Å²) in [5.41, 5.74) is 0. The minimum atomic E-state index is -0.879. The molecule has 0 atom stereocenters. The summed E-state index contributed by atoms with van der Waals surface area (Å²) in [7, 11) is 0. The molecule has 1 aliphatic rings. The first-order valence-electron chi connectivity index (χ1n) is 4.29. The molecule has 0 aromatic rings. The molecule has 1 heterocycles. The van der Waals surface area contributed by atoms with Gasteiger partial charge in [-0.1, -0.05) is 0 Å². The molecule has 1 N–H and O–H groups in total. The second-order valence-electron chi connectivity index (χ2n) is 3.73. The number of carboxylic acid groups (broad SMARTS) is 1. The minimum absolute atomic E-state index is 0.237. The van der Waals surface area contributed by atoms with Crippen LogP contribution in [0.3, 0.4) is 0 Å². The molecule has 0 unspecified atom stereocenters. The number of nitrogens with zero attached hydrogens (tertiary/aromatic N) is 1. The van der Waals surface area contributed by atoms with Gasteiger partial charge < -0.3 is 10.0 Å². The maximum absolute atomic E-state index is 10.3. The molecule has 0 aromatic carbocycles. The first-order chi connectivity index (χ1) is 5.99. The Labute approximate surface area is 82.8 Å². The molecule has 13 heavy (non-hydrogen) atoms. The number of aliphatic carboxylic acids is 1. The normalized spacial score (nSPS) is 22.2. The summed E-state index contributed by atoms with van der Waals surface area (Å²) in [5.74, 6) is 0.188. The quantitative estimate of drug-likeness (QED) is 0.686. The van der Waals surface area contributed by atoms with E-state index in [0.717, 1.165) is 18.8 Å². The van der Waals surface area contributed by atoms with Crippen LogP contribution in [0.4, 0.5) is 0 Å². The number of rotatable bonds is 2. The maximum Gasteiger partial charge on any atom is 0.329 e. The van der Waals surface area contributed by atoms with Crippen LogP contribution in [-0.4, -0.2) is 39.6 Å². The van der Waals surface area contributed by atoms with E-state index >= 15 is 0 Å². The fraction of sp³-hybridized carbons (Fsp3) is 0.667. The zero-order chi connectivity index (χ0) is 9.90. The van der Waals surface area contributed by atoms with E-state index in [4.69, 9.17) is 5.11 Å². The largest absolute Gasteiger partial charge is 0.478 e.